The first kappa shape index (κ1) is 18.8. The van der Waals surface area contributed by atoms with E-state index in [9.17, 15) is 14.4 Å². The molecule has 0 N–H and O–H groups in total. The molecule has 0 spiro atoms. The van der Waals surface area contributed by atoms with E-state index in [-0.39, 0.29) is 12.3 Å². The Labute approximate surface area is 147 Å². The molecule has 1 aromatic rings. The lowest BCUT2D eigenvalue weighted by molar-refractivity contribution is -0.154. The normalized spacial score (nSPS) is 16.0. The van der Waals surface area contributed by atoms with Crippen LogP contribution in [0.15, 0.2) is 24.3 Å². The van der Waals surface area contributed by atoms with E-state index >= 15 is 0 Å². The molecule has 0 aromatic heterocycles. The van der Waals surface area contributed by atoms with Crippen LogP contribution in [0.3, 0.4) is 0 Å². The third-order valence-corrected chi connectivity index (χ3v) is 4.41. The average Bonchev–Trinajstić information content (AvgIpc) is 2.65. The number of methoxy groups -OCH3 is 2. The molecule has 136 valence electrons. The van der Waals surface area contributed by atoms with Gasteiger partial charge in [0, 0.05) is 33.0 Å². The first-order chi connectivity index (χ1) is 12.0. The van der Waals surface area contributed by atoms with Crippen molar-refractivity contribution in [1.82, 2.24) is 9.80 Å². The number of rotatable bonds is 5. The van der Waals surface area contributed by atoms with Crippen LogP contribution in [0, 0.1) is 0 Å². The van der Waals surface area contributed by atoms with Crippen molar-refractivity contribution in [1.29, 1.82) is 0 Å². The molecule has 1 aliphatic heterocycles. The summed E-state index contributed by atoms with van der Waals surface area (Å²) in [6.07, 6.45) is 0.760. The molecule has 0 bridgehead atoms. The minimum Gasteiger partial charge on any atom is -0.467 e. The zero-order valence-electron chi connectivity index (χ0n) is 14.9. The van der Waals surface area contributed by atoms with Gasteiger partial charge in [0.2, 0.25) is 5.91 Å². The molecule has 0 unspecified atom stereocenters. The van der Waals surface area contributed by atoms with Crippen molar-refractivity contribution in [2.24, 2.45) is 0 Å². The molecule has 1 heterocycles. The van der Waals surface area contributed by atoms with Crippen LogP contribution in [0.25, 0.3) is 0 Å². The van der Waals surface area contributed by atoms with E-state index in [4.69, 9.17) is 4.74 Å². The van der Waals surface area contributed by atoms with Crippen molar-refractivity contribution < 1.29 is 23.9 Å². The van der Waals surface area contributed by atoms with Gasteiger partial charge in [-0.25, -0.2) is 9.59 Å². The van der Waals surface area contributed by atoms with E-state index in [1.807, 2.05) is 24.3 Å². The summed E-state index contributed by atoms with van der Waals surface area (Å²) in [6.45, 7) is 0.799. The fraction of sp³-hybridized carbons (Fsp3) is 0.500. The monoisotopic (exact) mass is 348 g/mol. The van der Waals surface area contributed by atoms with Gasteiger partial charge in [-0.05, 0) is 17.5 Å². The number of fused-ring (bicyclic) bond motifs is 1. The number of hydrogen-bond acceptors (Lipinski definition) is 5. The third kappa shape index (κ3) is 4.49. The lowest BCUT2D eigenvalue weighted by atomic mass is 9.93. The van der Waals surface area contributed by atoms with Crippen molar-refractivity contribution in [3.05, 3.63) is 35.4 Å². The third-order valence-electron chi connectivity index (χ3n) is 4.41. The maximum atomic E-state index is 12.6. The number of nitrogens with zero attached hydrogens (tertiary/aromatic N) is 2. The largest absolute Gasteiger partial charge is 0.467 e. The Morgan fingerprint density at radius 3 is 2.48 bits per heavy atom. The van der Waals surface area contributed by atoms with Gasteiger partial charge in [0.1, 0.15) is 6.04 Å². The molecule has 1 atom stereocenters. The van der Waals surface area contributed by atoms with Crippen LogP contribution in [0.4, 0.5) is 4.79 Å². The number of amides is 2. The SMILES string of the molecule is COC(=O)[C@@H]1Cc2ccccc2CN1C(=O)CCCN(C)C(=O)OC. The number of carbonyl (C=O) groups is 3. The summed E-state index contributed by atoms with van der Waals surface area (Å²) in [5, 5.41) is 0. The fourth-order valence-corrected chi connectivity index (χ4v) is 2.99. The highest BCUT2D eigenvalue weighted by Gasteiger charge is 2.34. The Kier molecular flexibility index (Phi) is 6.38. The smallest absolute Gasteiger partial charge is 0.409 e. The van der Waals surface area contributed by atoms with E-state index in [0.717, 1.165) is 11.1 Å². The van der Waals surface area contributed by atoms with Gasteiger partial charge in [-0.2, -0.15) is 0 Å². The Morgan fingerprint density at radius 1 is 1.16 bits per heavy atom. The molecule has 0 fully saturated rings. The van der Waals surface area contributed by atoms with Crippen molar-refractivity contribution in [2.45, 2.75) is 31.8 Å². The number of hydrogen-bond donors (Lipinski definition) is 0. The maximum Gasteiger partial charge on any atom is 0.409 e. The fourth-order valence-electron chi connectivity index (χ4n) is 2.99. The van der Waals surface area contributed by atoms with Gasteiger partial charge in [0.25, 0.3) is 0 Å². The number of carbonyl (C=O) groups excluding carboxylic acids is 3. The molecule has 2 rings (SSSR count). The van der Waals surface area contributed by atoms with E-state index in [2.05, 4.69) is 4.74 Å². The van der Waals surface area contributed by atoms with Crippen molar-refractivity contribution in [2.75, 3.05) is 27.8 Å². The van der Waals surface area contributed by atoms with E-state index in [1.165, 1.54) is 19.1 Å². The lowest BCUT2D eigenvalue weighted by Gasteiger charge is -2.35. The highest BCUT2D eigenvalue weighted by atomic mass is 16.5. The molecule has 7 heteroatoms. The highest BCUT2D eigenvalue weighted by Crippen LogP contribution is 2.25. The maximum absolute atomic E-state index is 12.6. The van der Waals surface area contributed by atoms with Crippen molar-refractivity contribution >= 4 is 18.0 Å². The van der Waals surface area contributed by atoms with Crippen LogP contribution in [-0.4, -0.2) is 61.6 Å². The predicted molar refractivity (Wildman–Crippen MR) is 90.8 cm³/mol. The Hall–Kier alpha value is -2.57. The summed E-state index contributed by atoms with van der Waals surface area (Å²) in [5.41, 5.74) is 2.11. The number of ether oxygens (including phenoxy) is 2. The number of esters is 1. The van der Waals surface area contributed by atoms with Gasteiger partial charge in [-0.15, -0.1) is 0 Å². The van der Waals surface area contributed by atoms with E-state index in [1.54, 1.807) is 11.9 Å². The second kappa shape index (κ2) is 8.50. The summed E-state index contributed by atoms with van der Waals surface area (Å²) in [4.78, 5) is 39.1. The van der Waals surface area contributed by atoms with Gasteiger partial charge in [0.05, 0.1) is 14.2 Å². The minimum atomic E-state index is -0.606. The molecule has 2 amide bonds. The topological polar surface area (TPSA) is 76.2 Å². The minimum absolute atomic E-state index is 0.122. The molecule has 0 saturated carbocycles. The van der Waals surface area contributed by atoms with Crippen LogP contribution in [-0.2, 0) is 32.0 Å². The molecule has 7 nitrogen and oxygen atoms in total. The summed E-state index contributed by atoms with van der Waals surface area (Å²) in [7, 11) is 4.26. The molecule has 25 heavy (non-hydrogen) atoms. The second-order valence-corrected chi connectivity index (χ2v) is 6.03. The zero-order valence-corrected chi connectivity index (χ0v) is 14.9. The van der Waals surface area contributed by atoms with Gasteiger partial charge in [-0.1, -0.05) is 24.3 Å². The van der Waals surface area contributed by atoms with Crippen molar-refractivity contribution in [3.8, 4) is 0 Å². The van der Waals surface area contributed by atoms with Crippen LogP contribution in [0.5, 0.6) is 0 Å². The Balaban J connectivity index is 2.03. The van der Waals surface area contributed by atoms with Crippen LogP contribution >= 0.6 is 0 Å². The summed E-state index contributed by atoms with van der Waals surface area (Å²) >= 11 is 0. The number of benzene rings is 1. The van der Waals surface area contributed by atoms with E-state index < -0.39 is 18.1 Å². The van der Waals surface area contributed by atoms with Crippen LogP contribution in [0.2, 0.25) is 0 Å². The van der Waals surface area contributed by atoms with Crippen molar-refractivity contribution in [3.63, 3.8) is 0 Å². The molecule has 1 aliphatic rings. The standard InChI is InChI=1S/C18H24N2O5/c1-19(18(23)25-3)10-6-9-16(21)20-12-14-8-5-4-7-13(14)11-15(20)17(22)24-2/h4-5,7-8,15H,6,9-12H2,1-3H3/t15-/m0/s1. The predicted octanol–water partition coefficient (Wildman–Crippen LogP) is 1.59. The first-order valence-corrected chi connectivity index (χ1v) is 8.21. The Bertz CT molecular complexity index is 646. The quantitative estimate of drug-likeness (QED) is 0.756. The Morgan fingerprint density at radius 2 is 1.84 bits per heavy atom. The first-order valence-electron chi connectivity index (χ1n) is 8.21. The highest BCUT2D eigenvalue weighted by molar-refractivity contribution is 5.85. The van der Waals surface area contributed by atoms with Gasteiger partial charge in [-0.3, -0.25) is 4.79 Å². The molecular formula is C18H24N2O5. The molecule has 0 saturated heterocycles. The average molecular weight is 348 g/mol. The van der Waals surface area contributed by atoms with Gasteiger partial charge in [0.15, 0.2) is 0 Å². The van der Waals surface area contributed by atoms with Gasteiger partial charge < -0.3 is 19.3 Å². The summed E-state index contributed by atoms with van der Waals surface area (Å²) < 4.78 is 9.49. The summed E-state index contributed by atoms with van der Waals surface area (Å²) in [6, 6.07) is 7.18. The zero-order chi connectivity index (χ0) is 18.4. The van der Waals surface area contributed by atoms with E-state index in [0.29, 0.717) is 25.9 Å². The van der Waals surface area contributed by atoms with Crippen LogP contribution < -0.4 is 0 Å². The molecule has 1 aromatic carbocycles. The van der Waals surface area contributed by atoms with Crippen LogP contribution in [0.1, 0.15) is 24.0 Å². The molecule has 0 radical (unpaired) electrons. The lowest BCUT2D eigenvalue weighted by Crippen LogP contribution is -2.49. The molecular weight excluding hydrogens is 324 g/mol. The van der Waals surface area contributed by atoms with Gasteiger partial charge >= 0.3 is 12.1 Å². The molecule has 0 aliphatic carbocycles. The second-order valence-electron chi connectivity index (χ2n) is 6.03. The summed E-state index contributed by atoms with van der Waals surface area (Å²) in [5.74, 6) is -0.530.